The van der Waals surface area contributed by atoms with Gasteiger partial charge in [-0.1, -0.05) is 18.2 Å². The molecular formula is C15H20FN3O3. The number of nitrogens with two attached hydrogens (primary N) is 1. The predicted octanol–water partition coefficient (Wildman–Crippen LogP) is 0.0793. The summed E-state index contributed by atoms with van der Waals surface area (Å²) in [6.45, 7) is 0.335. The molecule has 1 saturated heterocycles. The molecule has 1 aliphatic rings. The van der Waals surface area contributed by atoms with E-state index in [0.29, 0.717) is 5.75 Å². The second kappa shape index (κ2) is 7.74. The highest BCUT2D eigenvalue weighted by atomic mass is 19.1. The number of primary amides is 1. The first kappa shape index (κ1) is 16.2. The van der Waals surface area contributed by atoms with Gasteiger partial charge in [-0.05, 0) is 18.6 Å². The Labute approximate surface area is 128 Å². The van der Waals surface area contributed by atoms with Crippen molar-refractivity contribution in [2.24, 2.45) is 5.73 Å². The molecule has 1 fully saturated rings. The van der Waals surface area contributed by atoms with Gasteiger partial charge in [0.1, 0.15) is 11.9 Å². The molecule has 1 aliphatic heterocycles. The summed E-state index contributed by atoms with van der Waals surface area (Å²) in [6, 6.07) is 8.78. The lowest BCUT2D eigenvalue weighted by Gasteiger charge is -2.22. The Hall–Kier alpha value is -2.15. The first-order valence-corrected chi connectivity index (χ1v) is 7.15. The van der Waals surface area contributed by atoms with Crippen LogP contribution in [0.25, 0.3) is 0 Å². The van der Waals surface area contributed by atoms with Crippen LogP contribution in [0.15, 0.2) is 30.3 Å². The molecule has 0 spiro atoms. The van der Waals surface area contributed by atoms with Crippen molar-refractivity contribution in [2.45, 2.75) is 18.6 Å². The molecule has 1 heterocycles. The number of nitrogens with zero attached hydrogens (tertiary/aromatic N) is 1. The summed E-state index contributed by atoms with van der Waals surface area (Å²) in [5.74, 6) is -0.180. The van der Waals surface area contributed by atoms with Crippen molar-refractivity contribution < 1.29 is 18.7 Å². The monoisotopic (exact) mass is 309 g/mol. The summed E-state index contributed by atoms with van der Waals surface area (Å²) in [6.07, 6.45) is -0.713. The van der Waals surface area contributed by atoms with Gasteiger partial charge in [-0.25, -0.2) is 4.39 Å². The van der Waals surface area contributed by atoms with Gasteiger partial charge in [0.2, 0.25) is 5.91 Å². The number of amides is 2. The van der Waals surface area contributed by atoms with Gasteiger partial charge in [0.25, 0.3) is 5.91 Å². The third-order valence-corrected chi connectivity index (χ3v) is 3.48. The number of likely N-dealkylation sites (tertiary alicyclic amines) is 1. The molecule has 0 bridgehead atoms. The lowest BCUT2D eigenvalue weighted by atomic mass is 10.2. The van der Waals surface area contributed by atoms with Crippen molar-refractivity contribution in [3.8, 4) is 5.75 Å². The zero-order valence-electron chi connectivity index (χ0n) is 12.2. The minimum Gasteiger partial charge on any atom is -0.484 e. The van der Waals surface area contributed by atoms with E-state index in [1.165, 1.54) is 0 Å². The molecule has 0 unspecified atom stereocenters. The average Bonchev–Trinajstić information content (AvgIpc) is 2.83. The maximum absolute atomic E-state index is 13.4. The van der Waals surface area contributed by atoms with Gasteiger partial charge in [0.05, 0.1) is 6.54 Å². The normalized spacial score (nSPS) is 21.5. The van der Waals surface area contributed by atoms with E-state index < -0.39 is 12.1 Å². The highest BCUT2D eigenvalue weighted by Crippen LogP contribution is 2.19. The van der Waals surface area contributed by atoms with E-state index in [2.05, 4.69) is 5.32 Å². The Kier molecular flexibility index (Phi) is 5.71. The van der Waals surface area contributed by atoms with E-state index in [-0.39, 0.29) is 44.6 Å². The van der Waals surface area contributed by atoms with E-state index in [9.17, 15) is 14.0 Å². The van der Waals surface area contributed by atoms with E-state index in [0.717, 1.165) is 0 Å². The third-order valence-electron chi connectivity index (χ3n) is 3.48. The minimum absolute atomic E-state index is 0.00146. The maximum atomic E-state index is 13.4. The maximum Gasteiger partial charge on any atom is 0.257 e. The molecule has 2 atom stereocenters. The summed E-state index contributed by atoms with van der Waals surface area (Å²) >= 11 is 0. The van der Waals surface area contributed by atoms with Crippen LogP contribution in [-0.4, -0.2) is 55.2 Å². The van der Waals surface area contributed by atoms with Crippen LogP contribution >= 0.6 is 0 Å². The average molecular weight is 309 g/mol. The van der Waals surface area contributed by atoms with Crippen LogP contribution in [-0.2, 0) is 9.59 Å². The Morgan fingerprint density at radius 2 is 2.09 bits per heavy atom. The van der Waals surface area contributed by atoms with Gasteiger partial charge < -0.3 is 15.8 Å². The van der Waals surface area contributed by atoms with E-state index >= 15 is 0 Å². The van der Waals surface area contributed by atoms with E-state index in [1.807, 2.05) is 18.2 Å². The molecule has 22 heavy (non-hydrogen) atoms. The molecule has 1 aromatic carbocycles. The van der Waals surface area contributed by atoms with Crippen molar-refractivity contribution in [1.82, 2.24) is 10.2 Å². The topological polar surface area (TPSA) is 84.7 Å². The number of carbonyl (C=O) groups is 2. The number of nitrogens with one attached hydrogen (secondary N) is 1. The summed E-state index contributed by atoms with van der Waals surface area (Å²) < 4.78 is 18.8. The van der Waals surface area contributed by atoms with Gasteiger partial charge in [-0.2, -0.15) is 0 Å². The van der Waals surface area contributed by atoms with Crippen molar-refractivity contribution >= 4 is 11.8 Å². The van der Waals surface area contributed by atoms with Gasteiger partial charge in [-0.15, -0.1) is 0 Å². The Morgan fingerprint density at radius 3 is 2.77 bits per heavy atom. The van der Waals surface area contributed by atoms with Crippen LogP contribution in [0.3, 0.4) is 0 Å². The Balaban J connectivity index is 1.74. The van der Waals surface area contributed by atoms with Gasteiger partial charge in [0.15, 0.2) is 6.61 Å². The number of carbonyl (C=O) groups excluding carboxylic acids is 2. The molecular weight excluding hydrogens is 289 g/mol. The summed E-state index contributed by atoms with van der Waals surface area (Å²) in [5, 5.41) is 2.69. The number of ether oxygens (including phenoxy) is 1. The summed E-state index contributed by atoms with van der Waals surface area (Å²) in [5.41, 5.74) is 5.14. The standard InChI is InChI=1S/C15H20FN3O3/c16-11-6-12(19(8-11)9-14(17)20)7-18-15(21)10-22-13-4-2-1-3-5-13/h1-5,11-12H,6-10H2,(H2,17,20)(H,18,21)/t11-,12-/m0/s1. The molecule has 7 heteroatoms. The van der Waals surface area contributed by atoms with Crippen LogP contribution in [0.5, 0.6) is 5.75 Å². The molecule has 0 aromatic heterocycles. The van der Waals surface area contributed by atoms with Crippen LogP contribution in [0, 0.1) is 0 Å². The van der Waals surface area contributed by atoms with Crippen molar-refractivity contribution in [1.29, 1.82) is 0 Å². The summed E-state index contributed by atoms with van der Waals surface area (Å²) in [7, 11) is 0. The first-order valence-electron chi connectivity index (χ1n) is 7.15. The largest absolute Gasteiger partial charge is 0.484 e. The fourth-order valence-corrected chi connectivity index (χ4v) is 2.48. The Bertz CT molecular complexity index is 512. The molecule has 6 nitrogen and oxygen atoms in total. The van der Waals surface area contributed by atoms with E-state index in [1.54, 1.807) is 17.0 Å². The number of para-hydroxylation sites is 1. The number of halogens is 1. The van der Waals surface area contributed by atoms with Gasteiger partial charge in [0, 0.05) is 19.1 Å². The van der Waals surface area contributed by atoms with Crippen LogP contribution in [0.4, 0.5) is 4.39 Å². The van der Waals surface area contributed by atoms with Crippen molar-refractivity contribution in [2.75, 3.05) is 26.2 Å². The molecule has 0 saturated carbocycles. The minimum atomic E-state index is -0.998. The van der Waals surface area contributed by atoms with E-state index in [4.69, 9.17) is 10.5 Å². The predicted molar refractivity (Wildman–Crippen MR) is 79.0 cm³/mol. The van der Waals surface area contributed by atoms with Crippen LogP contribution in [0.2, 0.25) is 0 Å². The highest BCUT2D eigenvalue weighted by molar-refractivity contribution is 5.77. The van der Waals surface area contributed by atoms with Crippen LogP contribution in [0.1, 0.15) is 6.42 Å². The fraction of sp³-hybridized carbons (Fsp3) is 0.467. The first-order chi connectivity index (χ1) is 10.5. The lowest BCUT2D eigenvalue weighted by Crippen LogP contribution is -2.44. The number of hydrogen-bond donors (Lipinski definition) is 2. The smallest absolute Gasteiger partial charge is 0.257 e. The third kappa shape index (κ3) is 5.00. The SMILES string of the molecule is NC(=O)CN1C[C@@H](F)C[C@H]1CNC(=O)COc1ccccc1. The van der Waals surface area contributed by atoms with Crippen molar-refractivity contribution in [3.63, 3.8) is 0 Å². The number of benzene rings is 1. The second-order valence-corrected chi connectivity index (χ2v) is 5.29. The molecule has 0 radical (unpaired) electrons. The Morgan fingerprint density at radius 1 is 1.36 bits per heavy atom. The molecule has 3 N–H and O–H groups in total. The van der Waals surface area contributed by atoms with Gasteiger partial charge >= 0.3 is 0 Å². The molecule has 120 valence electrons. The second-order valence-electron chi connectivity index (χ2n) is 5.29. The lowest BCUT2D eigenvalue weighted by molar-refractivity contribution is -0.123. The van der Waals surface area contributed by atoms with Gasteiger partial charge in [-0.3, -0.25) is 14.5 Å². The highest BCUT2D eigenvalue weighted by Gasteiger charge is 2.32. The zero-order chi connectivity index (χ0) is 15.9. The zero-order valence-corrected chi connectivity index (χ0v) is 12.2. The molecule has 2 rings (SSSR count). The fourth-order valence-electron chi connectivity index (χ4n) is 2.48. The number of alkyl halides is 1. The number of rotatable bonds is 7. The van der Waals surface area contributed by atoms with Crippen LogP contribution < -0.4 is 15.8 Å². The summed E-state index contributed by atoms with van der Waals surface area (Å²) in [4.78, 5) is 24.4. The molecule has 2 amide bonds. The molecule has 1 aromatic rings. The molecule has 0 aliphatic carbocycles. The quantitative estimate of drug-likeness (QED) is 0.747. The van der Waals surface area contributed by atoms with Crippen molar-refractivity contribution in [3.05, 3.63) is 30.3 Å². The number of hydrogen-bond acceptors (Lipinski definition) is 4.